The largest absolute Gasteiger partial charge is 0.356 e. The Labute approximate surface area is 55.0 Å². The molecule has 0 aliphatic heterocycles. The molecular weight excluding hydrogens is 174 g/mol. The fourth-order valence-electron chi connectivity index (χ4n) is 0. The van der Waals surface area contributed by atoms with Crippen LogP contribution in [0.2, 0.25) is 0 Å². The molecule has 4 nitrogen and oxygen atoms in total. The first-order valence-corrected chi connectivity index (χ1v) is 0.548. The van der Waals surface area contributed by atoms with E-state index in [1.807, 2.05) is 0 Å². The molecule has 0 saturated carbocycles. The molecule has 0 spiro atoms. The average Bonchev–Trinajstić information content (AvgIpc) is 0.811. The molecule has 0 bridgehead atoms. The molecule has 0 radical (unpaired) electrons. The van der Waals surface area contributed by atoms with Crippen molar-refractivity contribution >= 4 is 0 Å². The van der Waals surface area contributed by atoms with Crippen LogP contribution in [-0.4, -0.2) is 5.09 Å². The fraction of sp³-hybridized carbons (Fsp3) is 0. The second-order valence-corrected chi connectivity index (χ2v) is 0.224. The first-order valence-electron chi connectivity index (χ1n) is 0.548. The maximum atomic E-state index is 8.25. The summed E-state index contributed by atoms with van der Waals surface area (Å²) in [6.07, 6.45) is 0. The van der Waals surface area contributed by atoms with E-state index in [1.165, 1.54) is 0 Å². The molecule has 0 aromatic carbocycles. The van der Waals surface area contributed by atoms with Gasteiger partial charge in [0.1, 0.15) is 0 Å². The zero-order valence-corrected chi connectivity index (χ0v) is 4.59. The predicted octanol–water partition coefficient (Wildman–Crippen LogP) is -0.244. The van der Waals surface area contributed by atoms with Crippen LogP contribution in [0.25, 0.3) is 0 Å². The quantitative estimate of drug-likeness (QED) is 0.289. The maximum Gasteiger partial charge on any atom is 0.0689 e. The van der Waals surface area contributed by atoms with E-state index >= 15 is 0 Å². The van der Waals surface area contributed by atoms with Gasteiger partial charge in [0.25, 0.3) is 0 Å². The van der Waals surface area contributed by atoms with E-state index in [0.29, 0.717) is 0 Å². The maximum absolute atomic E-state index is 8.25. The van der Waals surface area contributed by atoms with E-state index in [2.05, 4.69) is 0 Å². The normalized spacial score (nSPS) is 4.00. The molecule has 0 aliphatic rings. The molecule has 0 heterocycles. The molecular formula is Fe2NO3-. The van der Waals surface area contributed by atoms with Crippen LogP contribution in [0.1, 0.15) is 0 Å². The Morgan fingerprint density at radius 3 is 1.17 bits per heavy atom. The van der Waals surface area contributed by atoms with Crippen molar-refractivity contribution in [3.05, 3.63) is 15.3 Å². The summed E-state index contributed by atoms with van der Waals surface area (Å²) in [7, 11) is 0. The van der Waals surface area contributed by atoms with E-state index in [9.17, 15) is 0 Å². The van der Waals surface area contributed by atoms with Gasteiger partial charge in [-0.2, -0.15) is 0 Å². The molecule has 0 amide bonds. The van der Waals surface area contributed by atoms with Gasteiger partial charge in [-0.25, -0.2) is 0 Å². The third-order valence-electron chi connectivity index (χ3n) is 0. The molecule has 0 rings (SSSR count). The summed E-state index contributed by atoms with van der Waals surface area (Å²) >= 11 is 0. The first kappa shape index (κ1) is 16.3. The molecule has 0 atom stereocenters. The molecule has 0 N–H and O–H groups in total. The molecule has 0 aromatic heterocycles. The zero-order chi connectivity index (χ0) is 3.58. The van der Waals surface area contributed by atoms with E-state index in [-0.39, 0.29) is 34.1 Å². The number of rotatable bonds is 0. The topological polar surface area (TPSA) is 66.2 Å². The van der Waals surface area contributed by atoms with Gasteiger partial charge < -0.3 is 15.3 Å². The fourth-order valence-corrected chi connectivity index (χ4v) is 0. The van der Waals surface area contributed by atoms with Crippen LogP contribution in [0.15, 0.2) is 0 Å². The minimum absolute atomic E-state index is 0. The Bertz CT molecular complexity index is 31.8. The summed E-state index contributed by atoms with van der Waals surface area (Å²) in [6, 6.07) is 0. The van der Waals surface area contributed by atoms with Gasteiger partial charge in [0.2, 0.25) is 0 Å². The standard InChI is InChI=1S/2Fe.NO3/c;;2-1(3)4/q;;-1. The van der Waals surface area contributed by atoms with Gasteiger partial charge >= 0.3 is 0 Å². The van der Waals surface area contributed by atoms with E-state index in [1.54, 1.807) is 0 Å². The van der Waals surface area contributed by atoms with E-state index < -0.39 is 5.09 Å². The molecule has 0 saturated heterocycles. The Morgan fingerprint density at radius 2 is 1.17 bits per heavy atom. The minimum Gasteiger partial charge on any atom is -0.356 e. The van der Waals surface area contributed by atoms with Crippen molar-refractivity contribution in [2.75, 3.05) is 0 Å². The van der Waals surface area contributed by atoms with Gasteiger partial charge in [-0.05, 0) is 0 Å². The summed E-state index contributed by atoms with van der Waals surface area (Å²) < 4.78 is 0. The first-order chi connectivity index (χ1) is 1.73. The molecule has 0 fully saturated rings. The van der Waals surface area contributed by atoms with Crippen LogP contribution in [0.4, 0.5) is 0 Å². The second-order valence-electron chi connectivity index (χ2n) is 0.224. The van der Waals surface area contributed by atoms with Crippen LogP contribution in [0.3, 0.4) is 0 Å². The van der Waals surface area contributed by atoms with Gasteiger partial charge in [0.15, 0.2) is 0 Å². The molecule has 40 valence electrons. The van der Waals surface area contributed by atoms with Gasteiger partial charge in [-0.3, -0.25) is 0 Å². The molecule has 0 unspecified atom stereocenters. The number of hydrogen-bond acceptors (Lipinski definition) is 3. The van der Waals surface area contributed by atoms with Gasteiger partial charge in [0.05, 0.1) is 5.09 Å². The van der Waals surface area contributed by atoms with Crippen LogP contribution in [-0.2, 0) is 34.1 Å². The molecule has 6 heavy (non-hydrogen) atoms. The van der Waals surface area contributed by atoms with Crippen molar-refractivity contribution in [3.63, 3.8) is 0 Å². The van der Waals surface area contributed by atoms with Gasteiger partial charge in [-0.15, -0.1) is 0 Å². The predicted molar refractivity (Wildman–Crippen MR) is 10.4 cm³/mol. The Hall–Kier alpha value is 0.239. The van der Waals surface area contributed by atoms with Crippen LogP contribution < -0.4 is 0 Å². The zero-order valence-electron chi connectivity index (χ0n) is 2.38. The summed E-state index contributed by atoms with van der Waals surface area (Å²) in [5, 5.41) is 14.8. The average molecular weight is 174 g/mol. The van der Waals surface area contributed by atoms with Crippen molar-refractivity contribution in [2.45, 2.75) is 0 Å². The second kappa shape index (κ2) is 8.97. The van der Waals surface area contributed by atoms with E-state index in [0.717, 1.165) is 0 Å². The van der Waals surface area contributed by atoms with Crippen LogP contribution in [0.5, 0.6) is 0 Å². The summed E-state index contributed by atoms with van der Waals surface area (Å²) in [6.45, 7) is 0. The van der Waals surface area contributed by atoms with Crippen molar-refractivity contribution in [1.29, 1.82) is 0 Å². The van der Waals surface area contributed by atoms with Crippen molar-refractivity contribution < 1.29 is 39.2 Å². The third-order valence-corrected chi connectivity index (χ3v) is 0. The monoisotopic (exact) mass is 174 g/mol. The van der Waals surface area contributed by atoms with Crippen molar-refractivity contribution in [1.82, 2.24) is 0 Å². The molecule has 6 heteroatoms. The molecule has 0 aliphatic carbocycles. The van der Waals surface area contributed by atoms with Crippen molar-refractivity contribution in [2.24, 2.45) is 0 Å². The third kappa shape index (κ3) is 779. The van der Waals surface area contributed by atoms with Gasteiger partial charge in [-0.1, -0.05) is 0 Å². The Balaban J connectivity index is -0.0000000450. The minimum atomic E-state index is -1.75. The number of nitrogens with zero attached hydrogens (tertiary/aromatic N) is 1. The summed E-state index contributed by atoms with van der Waals surface area (Å²) in [5.74, 6) is 0. The SMILES string of the molecule is O=[N+]([O-])[O-].[Fe].[Fe]. The van der Waals surface area contributed by atoms with Crippen LogP contribution in [0, 0.1) is 15.3 Å². The van der Waals surface area contributed by atoms with Crippen molar-refractivity contribution in [3.8, 4) is 0 Å². The van der Waals surface area contributed by atoms with E-state index in [4.69, 9.17) is 15.3 Å². The molecule has 0 aromatic rings. The Morgan fingerprint density at radius 1 is 1.17 bits per heavy atom. The summed E-state index contributed by atoms with van der Waals surface area (Å²) in [4.78, 5) is 8.25. The Kier molecular flexibility index (Phi) is 24.4. The smallest absolute Gasteiger partial charge is 0.0689 e. The van der Waals surface area contributed by atoms with Gasteiger partial charge in [0, 0.05) is 34.1 Å². The van der Waals surface area contributed by atoms with Crippen LogP contribution >= 0.6 is 0 Å². The summed E-state index contributed by atoms with van der Waals surface area (Å²) in [5.41, 5.74) is 0. The number of hydrogen-bond donors (Lipinski definition) is 0.